The lowest BCUT2D eigenvalue weighted by Gasteiger charge is -2.07. The van der Waals surface area contributed by atoms with E-state index in [0.29, 0.717) is 0 Å². The molecule has 0 aromatic heterocycles. The molecule has 0 aliphatic heterocycles. The van der Waals surface area contributed by atoms with Gasteiger partial charge in [-0.1, -0.05) is 31.9 Å². The Morgan fingerprint density at radius 3 is 3.00 bits per heavy atom. The van der Waals surface area contributed by atoms with Crippen molar-refractivity contribution in [2.75, 3.05) is 0 Å². The average Bonchev–Trinajstić information content (AvgIpc) is 2.52. The van der Waals surface area contributed by atoms with Crippen LogP contribution in [0.5, 0.6) is 0 Å². The molecular weight excluding hydrogens is 148 g/mol. The maximum absolute atomic E-state index is 10.4. The number of carbonyl (C=O) groups is 1. The standard InChI is InChI=1S/C11H18O/c1-3-10-4-5-11(7-10)6-9(2)8-12/h5,8-10H,3-4,6-7H2,1-2H3/t9?,10-/m1/s1. The van der Waals surface area contributed by atoms with Crippen molar-refractivity contribution in [2.24, 2.45) is 11.8 Å². The van der Waals surface area contributed by atoms with Gasteiger partial charge in [0.25, 0.3) is 0 Å². The summed E-state index contributed by atoms with van der Waals surface area (Å²) in [6.45, 7) is 4.23. The van der Waals surface area contributed by atoms with Crippen LogP contribution in [0.15, 0.2) is 11.6 Å². The number of hydrogen-bond donors (Lipinski definition) is 0. The number of rotatable bonds is 4. The summed E-state index contributed by atoms with van der Waals surface area (Å²) in [6.07, 6.45) is 8.11. The molecule has 1 aliphatic rings. The first kappa shape index (κ1) is 9.50. The molecule has 0 heterocycles. The molecular formula is C11H18O. The van der Waals surface area contributed by atoms with E-state index in [2.05, 4.69) is 13.0 Å². The zero-order valence-corrected chi connectivity index (χ0v) is 8.05. The van der Waals surface area contributed by atoms with Crippen LogP contribution >= 0.6 is 0 Å². The fraction of sp³-hybridized carbons (Fsp3) is 0.727. The molecule has 1 heteroatoms. The van der Waals surface area contributed by atoms with Gasteiger partial charge < -0.3 is 4.79 Å². The molecule has 0 saturated heterocycles. The highest BCUT2D eigenvalue weighted by molar-refractivity contribution is 5.53. The first-order valence-electron chi connectivity index (χ1n) is 4.89. The Balaban J connectivity index is 2.31. The Morgan fingerprint density at radius 1 is 1.75 bits per heavy atom. The molecule has 0 amide bonds. The van der Waals surface area contributed by atoms with E-state index < -0.39 is 0 Å². The molecule has 0 aromatic rings. The number of hydrogen-bond acceptors (Lipinski definition) is 1. The monoisotopic (exact) mass is 166 g/mol. The Bertz CT molecular complexity index is 181. The maximum Gasteiger partial charge on any atom is 0.123 e. The van der Waals surface area contributed by atoms with Crippen LogP contribution in [0.3, 0.4) is 0 Å². The van der Waals surface area contributed by atoms with E-state index in [0.717, 1.165) is 18.6 Å². The summed E-state index contributed by atoms with van der Waals surface area (Å²) in [5.41, 5.74) is 1.50. The van der Waals surface area contributed by atoms with Gasteiger partial charge >= 0.3 is 0 Å². The Kier molecular flexibility index (Phi) is 3.51. The van der Waals surface area contributed by atoms with Crippen LogP contribution in [0, 0.1) is 11.8 Å². The lowest BCUT2D eigenvalue weighted by atomic mass is 9.98. The van der Waals surface area contributed by atoms with Gasteiger partial charge in [-0.05, 0) is 25.2 Å². The fourth-order valence-corrected chi connectivity index (χ4v) is 1.81. The summed E-state index contributed by atoms with van der Waals surface area (Å²) in [5.74, 6) is 1.07. The predicted molar refractivity (Wildman–Crippen MR) is 50.9 cm³/mol. The first-order valence-corrected chi connectivity index (χ1v) is 4.89. The minimum Gasteiger partial charge on any atom is -0.303 e. The van der Waals surface area contributed by atoms with Gasteiger partial charge in [0.2, 0.25) is 0 Å². The number of carbonyl (C=O) groups excluding carboxylic acids is 1. The van der Waals surface area contributed by atoms with E-state index in [1.54, 1.807) is 0 Å². The van der Waals surface area contributed by atoms with Crippen molar-refractivity contribution in [1.29, 1.82) is 0 Å². The van der Waals surface area contributed by atoms with Crippen LogP contribution in [-0.4, -0.2) is 6.29 Å². The van der Waals surface area contributed by atoms with Crippen LogP contribution in [0.4, 0.5) is 0 Å². The molecule has 0 bridgehead atoms. The van der Waals surface area contributed by atoms with E-state index >= 15 is 0 Å². The topological polar surface area (TPSA) is 17.1 Å². The second-order valence-electron chi connectivity index (χ2n) is 3.89. The Hall–Kier alpha value is -0.590. The maximum atomic E-state index is 10.4. The SMILES string of the molecule is CC[C@@H]1CC=C(CC(C)C=O)C1. The zero-order chi connectivity index (χ0) is 8.97. The highest BCUT2D eigenvalue weighted by atomic mass is 16.1. The summed E-state index contributed by atoms with van der Waals surface area (Å²) >= 11 is 0. The highest BCUT2D eigenvalue weighted by Crippen LogP contribution is 2.30. The van der Waals surface area contributed by atoms with E-state index in [1.807, 2.05) is 6.92 Å². The molecule has 1 nitrogen and oxygen atoms in total. The second-order valence-corrected chi connectivity index (χ2v) is 3.89. The Morgan fingerprint density at radius 2 is 2.50 bits per heavy atom. The van der Waals surface area contributed by atoms with Crippen molar-refractivity contribution in [3.63, 3.8) is 0 Å². The van der Waals surface area contributed by atoms with Crippen LogP contribution in [0.1, 0.15) is 39.5 Å². The first-order chi connectivity index (χ1) is 5.76. The van der Waals surface area contributed by atoms with Crippen molar-refractivity contribution < 1.29 is 4.79 Å². The number of aldehydes is 1. The summed E-state index contributed by atoms with van der Waals surface area (Å²) in [7, 11) is 0. The molecule has 0 fully saturated rings. The molecule has 2 atom stereocenters. The quantitative estimate of drug-likeness (QED) is 0.463. The summed E-state index contributed by atoms with van der Waals surface area (Å²) < 4.78 is 0. The molecule has 1 aliphatic carbocycles. The fourth-order valence-electron chi connectivity index (χ4n) is 1.81. The summed E-state index contributed by atoms with van der Waals surface area (Å²) in [5, 5.41) is 0. The van der Waals surface area contributed by atoms with Crippen LogP contribution in [0.2, 0.25) is 0 Å². The number of allylic oxidation sites excluding steroid dienone is 2. The third-order valence-electron chi connectivity index (χ3n) is 2.68. The van der Waals surface area contributed by atoms with E-state index in [1.165, 1.54) is 24.8 Å². The lowest BCUT2D eigenvalue weighted by Crippen LogP contribution is -1.98. The van der Waals surface area contributed by atoms with Gasteiger partial charge in [-0.25, -0.2) is 0 Å². The molecule has 0 radical (unpaired) electrons. The molecule has 12 heavy (non-hydrogen) atoms. The molecule has 0 aromatic carbocycles. The lowest BCUT2D eigenvalue weighted by molar-refractivity contribution is -0.110. The van der Waals surface area contributed by atoms with E-state index in [9.17, 15) is 4.79 Å². The zero-order valence-electron chi connectivity index (χ0n) is 8.05. The van der Waals surface area contributed by atoms with Gasteiger partial charge in [0.05, 0.1) is 0 Å². The smallest absolute Gasteiger partial charge is 0.123 e. The minimum absolute atomic E-state index is 0.215. The minimum atomic E-state index is 0.215. The molecule has 0 N–H and O–H groups in total. The molecule has 1 rings (SSSR count). The highest BCUT2D eigenvalue weighted by Gasteiger charge is 2.16. The van der Waals surface area contributed by atoms with Crippen molar-refractivity contribution in [1.82, 2.24) is 0 Å². The summed E-state index contributed by atoms with van der Waals surface area (Å²) in [6, 6.07) is 0. The van der Waals surface area contributed by atoms with Gasteiger partial charge in [0, 0.05) is 5.92 Å². The second kappa shape index (κ2) is 4.44. The van der Waals surface area contributed by atoms with Crippen molar-refractivity contribution in [3.8, 4) is 0 Å². The van der Waals surface area contributed by atoms with Gasteiger partial charge in [0.15, 0.2) is 0 Å². The van der Waals surface area contributed by atoms with Crippen LogP contribution < -0.4 is 0 Å². The van der Waals surface area contributed by atoms with Crippen molar-refractivity contribution in [3.05, 3.63) is 11.6 Å². The summed E-state index contributed by atoms with van der Waals surface area (Å²) in [4.78, 5) is 10.4. The van der Waals surface area contributed by atoms with Crippen molar-refractivity contribution in [2.45, 2.75) is 39.5 Å². The molecule has 1 unspecified atom stereocenters. The third-order valence-corrected chi connectivity index (χ3v) is 2.68. The Labute approximate surface area is 74.9 Å². The predicted octanol–water partition coefficient (Wildman–Crippen LogP) is 2.96. The van der Waals surface area contributed by atoms with E-state index in [4.69, 9.17) is 0 Å². The normalized spacial score (nSPS) is 25.2. The molecule has 0 saturated carbocycles. The van der Waals surface area contributed by atoms with Gasteiger partial charge in [-0.15, -0.1) is 0 Å². The van der Waals surface area contributed by atoms with Crippen LogP contribution in [-0.2, 0) is 4.79 Å². The third kappa shape index (κ3) is 2.47. The van der Waals surface area contributed by atoms with Crippen molar-refractivity contribution >= 4 is 6.29 Å². The van der Waals surface area contributed by atoms with Gasteiger partial charge in [0.1, 0.15) is 6.29 Å². The van der Waals surface area contributed by atoms with Gasteiger partial charge in [-0.3, -0.25) is 0 Å². The molecule has 0 spiro atoms. The largest absolute Gasteiger partial charge is 0.303 e. The van der Waals surface area contributed by atoms with Crippen LogP contribution in [0.25, 0.3) is 0 Å². The van der Waals surface area contributed by atoms with E-state index in [-0.39, 0.29) is 5.92 Å². The molecule has 68 valence electrons. The average molecular weight is 166 g/mol. The van der Waals surface area contributed by atoms with Gasteiger partial charge in [-0.2, -0.15) is 0 Å².